The quantitative estimate of drug-likeness (QED) is 0.372. The van der Waals surface area contributed by atoms with Gasteiger partial charge in [0.1, 0.15) is 11.7 Å². The largest absolute Gasteiger partial charge is 0.403 e. The number of halogens is 4. The molecule has 1 saturated heterocycles. The summed E-state index contributed by atoms with van der Waals surface area (Å²) in [6, 6.07) is 4.45. The molecule has 0 aromatic carbocycles. The van der Waals surface area contributed by atoms with Gasteiger partial charge in [-0.1, -0.05) is 6.07 Å². The molecule has 1 unspecified atom stereocenters. The van der Waals surface area contributed by atoms with Crippen molar-refractivity contribution in [1.82, 2.24) is 24.5 Å². The van der Waals surface area contributed by atoms with Crippen LogP contribution in [0.5, 0.6) is 0 Å². The molecule has 2 aromatic rings. The number of aromatic nitrogens is 2. The lowest BCUT2D eigenvalue weighted by molar-refractivity contribution is -0.181. The Labute approximate surface area is 186 Å². The maximum Gasteiger partial charge on any atom is 0.403 e. The van der Waals surface area contributed by atoms with Crippen molar-refractivity contribution in [3.05, 3.63) is 36.3 Å². The number of hydrogen-bond donors (Lipinski definition) is 1. The van der Waals surface area contributed by atoms with E-state index in [0.29, 0.717) is 45.7 Å². The maximum absolute atomic E-state index is 12.9. The van der Waals surface area contributed by atoms with Crippen molar-refractivity contribution in [1.29, 1.82) is 0 Å². The first-order chi connectivity index (χ1) is 13.4. The van der Waals surface area contributed by atoms with Crippen molar-refractivity contribution >= 4 is 35.6 Å². The van der Waals surface area contributed by atoms with Crippen LogP contribution in [0.4, 0.5) is 13.2 Å². The van der Waals surface area contributed by atoms with Crippen LogP contribution in [0.1, 0.15) is 19.5 Å². The van der Waals surface area contributed by atoms with Crippen molar-refractivity contribution < 1.29 is 13.2 Å². The van der Waals surface area contributed by atoms with Crippen molar-refractivity contribution in [2.75, 3.05) is 39.3 Å². The highest BCUT2D eigenvalue weighted by Crippen LogP contribution is 2.25. The summed E-state index contributed by atoms with van der Waals surface area (Å²) in [6.07, 6.45) is 0.478. The molecule has 1 N–H and O–H groups in total. The van der Waals surface area contributed by atoms with Gasteiger partial charge < -0.3 is 14.6 Å². The second-order valence-corrected chi connectivity index (χ2v) is 6.92. The molecule has 0 radical (unpaired) electrons. The second-order valence-electron chi connectivity index (χ2n) is 6.92. The molecule has 0 bridgehead atoms. The van der Waals surface area contributed by atoms with Gasteiger partial charge in [-0.25, -0.2) is 4.98 Å². The Kier molecular flexibility index (Phi) is 8.56. The van der Waals surface area contributed by atoms with Gasteiger partial charge in [0.15, 0.2) is 5.96 Å². The first-order valence-electron chi connectivity index (χ1n) is 9.65. The van der Waals surface area contributed by atoms with Gasteiger partial charge in [-0.15, -0.1) is 24.0 Å². The Hall–Kier alpha value is -1.56. The van der Waals surface area contributed by atoms with Crippen molar-refractivity contribution in [2.45, 2.75) is 32.5 Å². The fraction of sp³-hybridized carbons (Fsp3) is 0.579. The highest BCUT2D eigenvalue weighted by Gasteiger charge is 2.41. The lowest BCUT2D eigenvalue weighted by Crippen LogP contribution is -2.56. The average molecular weight is 524 g/mol. The normalized spacial score (nSPS) is 17.3. The van der Waals surface area contributed by atoms with Crippen molar-refractivity contribution in [3.8, 4) is 0 Å². The molecule has 2 aromatic heterocycles. The number of rotatable bonds is 5. The van der Waals surface area contributed by atoms with E-state index in [1.807, 2.05) is 46.8 Å². The summed E-state index contributed by atoms with van der Waals surface area (Å²) in [4.78, 5) is 12.7. The van der Waals surface area contributed by atoms with E-state index in [0.717, 1.165) is 17.3 Å². The Morgan fingerprint density at radius 2 is 1.97 bits per heavy atom. The minimum absolute atomic E-state index is 0. The summed E-state index contributed by atoms with van der Waals surface area (Å²) in [5.41, 5.74) is 1.87. The lowest BCUT2D eigenvalue weighted by atomic mass is 10.2. The number of nitrogens with one attached hydrogen (secondary N) is 1. The topological polar surface area (TPSA) is 48.2 Å². The number of piperazine rings is 1. The van der Waals surface area contributed by atoms with Crippen LogP contribution in [0.2, 0.25) is 0 Å². The molecule has 1 aliphatic heterocycles. The third-order valence-electron chi connectivity index (χ3n) is 5.01. The van der Waals surface area contributed by atoms with E-state index < -0.39 is 12.2 Å². The van der Waals surface area contributed by atoms with Gasteiger partial charge in [-0.3, -0.25) is 9.89 Å². The summed E-state index contributed by atoms with van der Waals surface area (Å²) in [5, 5.41) is 3.25. The SMILES string of the molecule is CCNC(=NCCc1cn2ccccc2n1)N1CCN(C(C)C(F)(F)F)CC1.I. The van der Waals surface area contributed by atoms with Crippen LogP contribution < -0.4 is 5.32 Å². The molecule has 0 saturated carbocycles. The zero-order valence-corrected chi connectivity index (χ0v) is 19.0. The third kappa shape index (κ3) is 6.21. The lowest BCUT2D eigenvalue weighted by Gasteiger charge is -2.39. The highest BCUT2D eigenvalue weighted by atomic mass is 127. The Balaban J connectivity index is 0.00000300. The number of guanidine groups is 1. The summed E-state index contributed by atoms with van der Waals surface area (Å²) in [7, 11) is 0. The summed E-state index contributed by atoms with van der Waals surface area (Å²) < 4.78 is 40.7. The van der Waals surface area contributed by atoms with E-state index in [1.54, 1.807) is 0 Å². The monoisotopic (exact) mass is 524 g/mol. The van der Waals surface area contributed by atoms with Gasteiger partial charge in [0.2, 0.25) is 0 Å². The van der Waals surface area contributed by atoms with E-state index in [2.05, 4.69) is 15.3 Å². The molecule has 0 spiro atoms. The van der Waals surface area contributed by atoms with Crippen molar-refractivity contribution in [3.63, 3.8) is 0 Å². The molecule has 3 rings (SSSR count). The van der Waals surface area contributed by atoms with Crippen LogP contribution >= 0.6 is 24.0 Å². The number of alkyl halides is 3. The van der Waals surface area contributed by atoms with Gasteiger partial charge in [0.25, 0.3) is 0 Å². The van der Waals surface area contributed by atoms with E-state index in [-0.39, 0.29) is 24.0 Å². The molecule has 0 amide bonds. The average Bonchev–Trinajstić information content (AvgIpc) is 3.09. The van der Waals surface area contributed by atoms with Gasteiger partial charge in [0, 0.05) is 58.1 Å². The standard InChI is InChI=1S/C19H27F3N6.HI/c1-3-23-18(27-12-10-26(11-13-27)15(2)19(20,21)22)24-8-7-16-14-28-9-5-4-6-17(28)25-16;/h4-6,9,14-15H,3,7-8,10-13H2,1-2H3,(H,23,24);1H. The summed E-state index contributed by atoms with van der Waals surface area (Å²) >= 11 is 0. The van der Waals surface area contributed by atoms with Crippen LogP contribution in [-0.2, 0) is 6.42 Å². The van der Waals surface area contributed by atoms with Crippen LogP contribution in [-0.4, -0.2) is 76.6 Å². The molecule has 6 nitrogen and oxygen atoms in total. The van der Waals surface area contributed by atoms with Gasteiger partial charge in [0.05, 0.1) is 5.69 Å². The number of aliphatic imine (C=N–C) groups is 1. The van der Waals surface area contributed by atoms with Gasteiger partial charge in [-0.2, -0.15) is 13.2 Å². The fourth-order valence-electron chi connectivity index (χ4n) is 3.34. The minimum atomic E-state index is -4.19. The van der Waals surface area contributed by atoms with E-state index in [4.69, 9.17) is 0 Å². The predicted octanol–water partition coefficient (Wildman–Crippen LogP) is 3.03. The first kappa shape index (κ1) is 23.7. The van der Waals surface area contributed by atoms with Crippen LogP contribution in [0.15, 0.2) is 35.6 Å². The Morgan fingerprint density at radius 1 is 1.24 bits per heavy atom. The molecule has 1 atom stereocenters. The zero-order chi connectivity index (χ0) is 20.1. The van der Waals surface area contributed by atoms with Crippen LogP contribution in [0, 0.1) is 0 Å². The van der Waals surface area contributed by atoms with Crippen molar-refractivity contribution in [2.24, 2.45) is 4.99 Å². The van der Waals surface area contributed by atoms with E-state index in [1.165, 1.54) is 11.8 Å². The molecule has 29 heavy (non-hydrogen) atoms. The predicted molar refractivity (Wildman–Crippen MR) is 119 cm³/mol. The van der Waals surface area contributed by atoms with Gasteiger partial charge in [-0.05, 0) is 26.0 Å². The maximum atomic E-state index is 12.9. The molecule has 1 fully saturated rings. The number of hydrogen-bond acceptors (Lipinski definition) is 3. The molecule has 1 aliphatic rings. The van der Waals surface area contributed by atoms with Gasteiger partial charge >= 0.3 is 6.18 Å². The zero-order valence-electron chi connectivity index (χ0n) is 16.7. The van der Waals surface area contributed by atoms with E-state index >= 15 is 0 Å². The summed E-state index contributed by atoms with van der Waals surface area (Å²) in [5.74, 6) is 0.755. The second kappa shape index (κ2) is 10.5. The number of nitrogens with zero attached hydrogens (tertiary/aromatic N) is 5. The molecular weight excluding hydrogens is 496 g/mol. The van der Waals surface area contributed by atoms with E-state index in [9.17, 15) is 13.2 Å². The first-order valence-corrected chi connectivity index (χ1v) is 9.65. The fourth-order valence-corrected chi connectivity index (χ4v) is 3.34. The Morgan fingerprint density at radius 3 is 2.59 bits per heavy atom. The highest BCUT2D eigenvalue weighted by molar-refractivity contribution is 14.0. The number of imidazole rings is 1. The minimum Gasteiger partial charge on any atom is -0.357 e. The molecule has 3 heterocycles. The Bertz CT molecular complexity index is 766. The van der Waals surface area contributed by atoms with Crippen LogP contribution in [0.25, 0.3) is 5.65 Å². The molecule has 162 valence electrons. The smallest absolute Gasteiger partial charge is 0.357 e. The number of pyridine rings is 1. The third-order valence-corrected chi connectivity index (χ3v) is 5.01. The molecule has 0 aliphatic carbocycles. The number of fused-ring (bicyclic) bond motifs is 1. The van der Waals surface area contributed by atoms with Crippen LogP contribution in [0.3, 0.4) is 0 Å². The molecule has 10 heteroatoms. The molecular formula is C19H28F3IN6. The summed E-state index contributed by atoms with van der Waals surface area (Å²) in [6.45, 7) is 6.30.